The molecule has 0 saturated heterocycles. The van der Waals surface area contributed by atoms with E-state index in [9.17, 15) is 9.59 Å². The number of carbonyl (C=O) groups excluding carboxylic acids is 2. The summed E-state index contributed by atoms with van der Waals surface area (Å²) in [6, 6.07) is 23.3. The van der Waals surface area contributed by atoms with Crippen molar-refractivity contribution >= 4 is 40.9 Å². The van der Waals surface area contributed by atoms with Crippen molar-refractivity contribution in [1.29, 1.82) is 0 Å². The molecule has 0 bridgehead atoms. The lowest BCUT2D eigenvalue weighted by molar-refractivity contribution is -0.0587. The van der Waals surface area contributed by atoms with Crippen LogP contribution < -0.4 is 11.2 Å². The van der Waals surface area contributed by atoms with Crippen molar-refractivity contribution in [1.82, 2.24) is 10.4 Å². The van der Waals surface area contributed by atoms with Crippen LogP contribution >= 0.6 is 11.6 Å². The number of aliphatic imine (C=N–C) groups is 2. The van der Waals surface area contributed by atoms with Crippen molar-refractivity contribution in [3.63, 3.8) is 0 Å². The summed E-state index contributed by atoms with van der Waals surface area (Å²) < 4.78 is 5.84. The van der Waals surface area contributed by atoms with Gasteiger partial charge < -0.3 is 20.2 Å². The zero-order valence-corrected chi connectivity index (χ0v) is 19.7. The minimum Gasteiger partial charge on any atom is -0.398 e. The number of benzene rings is 3. The molecule has 10 heteroatoms. The molecule has 1 heterocycles. The average molecular weight is 492 g/mol. The molecular formula is C25H22ClN5O4. The maximum atomic E-state index is 12.9. The van der Waals surface area contributed by atoms with Crippen LogP contribution in [0.1, 0.15) is 16.7 Å². The number of hydrogen-bond acceptors (Lipinski definition) is 7. The highest BCUT2D eigenvalue weighted by Gasteiger charge is 2.45. The Hall–Kier alpha value is -4.21. The van der Waals surface area contributed by atoms with Crippen LogP contribution in [-0.2, 0) is 9.57 Å². The Morgan fingerprint density at radius 3 is 2.20 bits per heavy atom. The van der Waals surface area contributed by atoms with Gasteiger partial charge in [-0.3, -0.25) is 0 Å². The van der Waals surface area contributed by atoms with Crippen molar-refractivity contribution < 1.29 is 19.2 Å². The van der Waals surface area contributed by atoms with E-state index in [0.29, 0.717) is 33.1 Å². The minimum atomic E-state index is -2.10. The van der Waals surface area contributed by atoms with Gasteiger partial charge in [0, 0.05) is 35.8 Å². The summed E-state index contributed by atoms with van der Waals surface area (Å²) in [5.74, 6) is -2.10. The fourth-order valence-corrected chi connectivity index (χ4v) is 3.61. The quantitative estimate of drug-likeness (QED) is 0.408. The summed E-state index contributed by atoms with van der Waals surface area (Å²) in [4.78, 5) is 40.3. The Balaban J connectivity index is 2.07. The summed E-state index contributed by atoms with van der Waals surface area (Å²) in [7, 11) is 3.02. The molecule has 4 rings (SSSR count). The molecule has 3 aromatic carbocycles. The SMILES string of the molecule is CN(C)C(=O)OC1(NOC(N)=O)N=C(c2ccccc2)c2cc(Cl)ccc2N=C1c1ccccc1. The van der Waals surface area contributed by atoms with Crippen molar-refractivity contribution in [3.8, 4) is 0 Å². The van der Waals surface area contributed by atoms with Gasteiger partial charge in [-0.05, 0) is 18.2 Å². The lowest BCUT2D eigenvalue weighted by atomic mass is 10.0. The number of halogens is 1. The maximum absolute atomic E-state index is 12.9. The van der Waals surface area contributed by atoms with Gasteiger partial charge in [0.05, 0.1) is 11.4 Å². The van der Waals surface area contributed by atoms with Gasteiger partial charge in [-0.1, -0.05) is 77.7 Å². The molecule has 178 valence electrons. The Morgan fingerprint density at radius 2 is 1.60 bits per heavy atom. The molecule has 9 nitrogen and oxygen atoms in total. The summed E-state index contributed by atoms with van der Waals surface area (Å²) in [6.07, 6.45) is -1.92. The van der Waals surface area contributed by atoms with Gasteiger partial charge in [0.25, 0.3) is 0 Å². The minimum absolute atomic E-state index is 0.157. The number of carbonyl (C=O) groups is 2. The van der Waals surface area contributed by atoms with Gasteiger partial charge >= 0.3 is 18.0 Å². The van der Waals surface area contributed by atoms with Gasteiger partial charge in [0.15, 0.2) is 0 Å². The third kappa shape index (κ3) is 5.16. The number of nitrogens with zero attached hydrogens (tertiary/aromatic N) is 3. The average Bonchev–Trinajstić information content (AvgIpc) is 2.99. The first-order valence-electron chi connectivity index (χ1n) is 10.5. The molecular weight excluding hydrogens is 470 g/mol. The zero-order chi connectivity index (χ0) is 25.0. The first kappa shape index (κ1) is 23.9. The Bertz CT molecular complexity index is 1310. The van der Waals surface area contributed by atoms with Crippen molar-refractivity contribution in [2.24, 2.45) is 15.7 Å². The van der Waals surface area contributed by atoms with E-state index in [4.69, 9.17) is 36.9 Å². The van der Waals surface area contributed by atoms with E-state index < -0.39 is 18.0 Å². The van der Waals surface area contributed by atoms with Crippen LogP contribution in [0.15, 0.2) is 88.8 Å². The topological polar surface area (TPSA) is 119 Å². The Labute approximate surface area is 206 Å². The van der Waals surface area contributed by atoms with Crippen molar-refractivity contribution in [2.45, 2.75) is 5.85 Å². The molecule has 0 spiro atoms. The van der Waals surface area contributed by atoms with E-state index in [1.807, 2.05) is 36.4 Å². The first-order chi connectivity index (χ1) is 16.8. The summed E-state index contributed by atoms with van der Waals surface area (Å²) in [5, 5.41) is 0.461. The number of ether oxygens (including phenoxy) is 1. The van der Waals surface area contributed by atoms with Crippen LogP contribution in [0, 0.1) is 0 Å². The number of fused-ring (bicyclic) bond motifs is 1. The number of rotatable bonds is 5. The number of hydrogen-bond donors (Lipinski definition) is 2. The normalized spacial score (nSPS) is 16.8. The van der Waals surface area contributed by atoms with E-state index in [2.05, 4.69) is 5.48 Å². The second-order valence-electron chi connectivity index (χ2n) is 7.74. The van der Waals surface area contributed by atoms with E-state index in [1.54, 1.807) is 42.5 Å². The molecule has 0 aromatic heterocycles. The van der Waals surface area contributed by atoms with Gasteiger partial charge in [0.2, 0.25) is 0 Å². The molecule has 3 N–H and O–H groups in total. The van der Waals surface area contributed by atoms with Gasteiger partial charge in [-0.15, -0.1) is 0 Å². The van der Waals surface area contributed by atoms with Gasteiger partial charge in [-0.2, -0.15) is 0 Å². The number of primary amides is 1. The van der Waals surface area contributed by atoms with Crippen LogP contribution in [0.25, 0.3) is 0 Å². The lowest BCUT2D eigenvalue weighted by Gasteiger charge is -2.31. The van der Waals surface area contributed by atoms with Crippen LogP contribution in [0.3, 0.4) is 0 Å². The number of nitrogens with two attached hydrogens (primary N) is 1. The number of amides is 2. The Morgan fingerprint density at radius 1 is 0.971 bits per heavy atom. The van der Waals surface area contributed by atoms with Crippen LogP contribution in [-0.4, -0.2) is 48.5 Å². The summed E-state index contributed by atoms with van der Waals surface area (Å²) in [5.41, 5.74) is 10.6. The molecule has 2 amide bonds. The molecule has 1 aliphatic rings. The zero-order valence-electron chi connectivity index (χ0n) is 18.9. The molecule has 35 heavy (non-hydrogen) atoms. The second-order valence-corrected chi connectivity index (χ2v) is 8.18. The van der Waals surface area contributed by atoms with Crippen LogP contribution in [0.4, 0.5) is 15.3 Å². The van der Waals surface area contributed by atoms with Crippen LogP contribution in [0.2, 0.25) is 5.02 Å². The third-order valence-electron chi connectivity index (χ3n) is 5.02. The molecule has 1 aliphatic heterocycles. The van der Waals surface area contributed by atoms with E-state index in [-0.39, 0.29) is 5.71 Å². The molecule has 0 saturated carbocycles. The number of hydroxylamine groups is 1. The molecule has 1 unspecified atom stereocenters. The predicted molar refractivity (Wildman–Crippen MR) is 133 cm³/mol. The lowest BCUT2D eigenvalue weighted by Crippen LogP contribution is -2.56. The second kappa shape index (κ2) is 9.96. The summed E-state index contributed by atoms with van der Waals surface area (Å²) >= 11 is 6.34. The van der Waals surface area contributed by atoms with Crippen LogP contribution in [0.5, 0.6) is 0 Å². The van der Waals surface area contributed by atoms with E-state index in [0.717, 1.165) is 0 Å². The largest absolute Gasteiger partial charge is 0.423 e. The smallest absolute Gasteiger partial charge is 0.398 e. The molecule has 0 aliphatic carbocycles. The number of nitrogens with one attached hydrogen (secondary N) is 1. The maximum Gasteiger partial charge on any atom is 0.423 e. The fraction of sp³-hybridized carbons (Fsp3) is 0.120. The van der Waals surface area contributed by atoms with Gasteiger partial charge in [-0.25, -0.2) is 19.6 Å². The summed E-state index contributed by atoms with van der Waals surface area (Å²) in [6.45, 7) is 0. The third-order valence-corrected chi connectivity index (χ3v) is 5.26. The highest BCUT2D eigenvalue weighted by Crippen LogP contribution is 2.34. The highest BCUT2D eigenvalue weighted by atomic mass is 35.5. The molecule has 3 aromatic rings. The molecule has 1 atom stereocenters. The predicted octanol–water partition coefficient (Wildman–Crippen LogP) is 4.26. The standard InChI is InChI=1S/C25H22ClN5O4/c1-31(2)24(33)34-25(30-35-23(27)32)22(17-11-7-4-8-12-17)28-20-14-13-18(26)15-19(20)21(29-25)16-9-5-3-6-10-16/h3-15,30H,1-2H3,(H2,27,32). The molecule has 0 radical (unpaired) electrons. The monoisotopic (exact) mass is 491 g/mol. The van der Waals surface area contributed by atoms with E-state index in [1.165, 1.54) is 19.0 Å². The van der Waals surface area contributed by atoms with Crippen molar-refractivity contribution in [3.05, 3.63) is 101 Å². The van der Waals surface area contributed by atoms with Gasteiger partial charge in [0.1, 0.15) is 5.71 Å². The fourth-order valence-electron chi connectivity index (χ4n) is 3.43. The Kier molecular flexibility index (Phi) is 6.81. The first-order valence-corrected chi connectivity index (χ1v) is 10.9. The van der Waals surface area contributed by atoms with Crippen molar-refractivity contribution in [2.75, 3.05) is 14.1 Å². The highest BCUT2D eigenvalue weighted by molar-refractivity contribution is 6.32. The van der Waals surface area contributed by atoms with E-state index >= 15 is 0 Å². The molecule has 0 fully saturated rings.